The molecule has 0 aliphatic heterocycles. The maximum Gasteiger partial charge on any atom is 0.336 e. The van der Waals surface area contributed by atoms with Crippen LogP contribution in [-0.4, -0.2) is 11.1 Å². The zero-order valence-corrected chi connectivity index (χ0v) is 6.29. The van der Waals surface area contributed by atoms with Gasteiger partial charge in [0.15, 0.2) is 0 Å². The van der Waals surface area contributed by atoms with E-state index in [2.05, 4.69) is 6.08 Å². The summed E-state index contributed by atoms with van der Waals surface area (Å²) < 4.78 is 0. The molecular weight excluding hydrogens is 152 g/mol. The molecule has 0 unspecified atom stereocenters. The van der Waals surface area contributed by atoms with Gasteiger partial charge < -0.3 is 5.11 Å². The first-order valence-electron chi connectivity index (χ1n) is 3.87. The van der Waals surface area contributed by atoms with E-state index in [0.717, 1.165) is 17.6 Å². The van der Waals surface area contributed by atoms with Crippen molar-refractivity contribution in [1.82, 2.24) is 0 Å². The highest BCUT2D eigenvalue weighted by Gasteiger charge is 2.32. The van der Waals surface area contributed by atoms with E-state index >= 15 is 0 Å². The lowest BCUT2D eigenvalue weighted by atomic mass is 10.0. The summed E-state index contributed by atoms with van der Waals surface area (Å²) in [6.07, 6.45) is 6.78. The summed E-state index contributed by atoms with van der Waals surface area (Å²) in [6.45, 7) is 0. The van der Waals surface area contributed by atoms with E-state index in [1.165, 1.54) is 11.1 Å². The maximum absolute atomic E-state index is 10.7. The number of aliphatic carboxylic acids is 1. The molecule has 2 bridgehead atoms. The van der Waals surface area contributed by atoms with E-state index < -0.39 is 5.97 Å². The summed E-state index contributed by atoms with van der Waals surface area (Å²) in [7, 11) is 0. The van der Waals surface area contributed by atoms with Crippen molar-refractivity contribution < 1.29 is 9.90 Å². The summed E-state index contributed by atoms with van der Waals surface area (Å²) in [4.78, 5) is 10.7. The second kappa shape index (κ2) is 1.61. The van der Waals surface area contributed by atoms with E-state index in [-0.39, 0.29) is 0 Å². The fourth-order valence-electron chi connectivity index (χ4n) is 2.03. The number of carboxylic acid groups (broad SMARTS) is 1. The molecule has 0 spiro atoms. The third kappa shape index (κ3) is 0.503. The molecule has 58 valence electrons. The van der Waals surface area contributed by atoms with Gasteiger partial charge in [0.2, 0.25) is 0 Å². The predicted molar refractivity (Wildman–Crippen MR) is 43.5 cm³/mol. The molecule has 3 rings (SSSR count). The minimum absolute atomic E-state index is 0.462. The summed E-state index contributed by atoms with van der Waals surface area (Å²) in [5.41, 5.74) is 4.95. The van der Waals surface area contributed by atoms with Crippen molar-refractivity contribution in [1.29, 1.82) is 0 Å². The van der Waals surface area contributed by atoms with E-state index in [1.54, 1.807) is 6.08 Å². The smallest absolute Gasteiger partial charge is 0.336 e. The molecule has 2 nitrogen and oxygen atoms in total. The van der Waals surface area contributed by atoms with Gasteiger partial charge in [-0.25, -0.2) is 4.79 Å². The van der Waals surface area contributed by atoms with Gasteiger partial charge in [-0.15, -0.1) is 0 Å². The van der Waals surface area contributed by atoms with E-state index in [4.69, 9.17) is 5.11 Å². The Kier molecular flexibility index (Phi) is 0.803. The number of allylic oxidation sites excluding steroid dienone is 6. The highest BCUT2D eigenvalue weighted by Crippen LogP contribution is 2.46. The van der Waals surface area contributed by atoms with Crippen LogP contribution in [0.2, 0.25) is 0 Å². The fourth-order valence-corrected chi connectivity index (χ4v) is 2.03. The Morgan fingerprint density at radius 3 is 2.75 bits per heavy atom. The van der Waals surface area contributed by atoms with E-state index in [1.807, 2.05) is 6.08 Å². The Labute approximate surface area is 69.2 Å². The Hall–Kier alpha value is -1.57. The van der Waals surface area contributed by atoms with Crippen LogP contribution < -0.4 is 0 Å². The minimum Gasteiger partial charge on any atom is -0.478 e. The molecule has 2 heteroatoms. The minimum atomic E-state index is -0.815. The first kappa shape index (κ1) is 6.00. The Bertz CT molecular complexity index is 431. The van der Waals surface area contributed by atoms with Crippen molar-refractivity contribution in [2.75, 3.05) is 0 Å². The second-order valence-electron chi connectivity index (χ2n) is 3.26. The van der Waals surface area contributed by atoms with E-state index in [0.29, 0.717) is 5.57 Å². The lowest BCUT2D eigenvalue weighted by Gasteiger charge is -2.00. The quantitative estimate of drug-likeness (QED) is 0.629. The number of carboxylic acids is 1. The summed E-state index contributed by atoms with van der Waals surface area (Å²) in [5.74, 6) is -0.815. The number of hydrogen-bond donors (Lipinski definition) is 1. The monoisotopic (exact) mass is 158 g/mol. The van der Waals surface area contributed by atoms with Gasteiger partial charge >= 0.3 is 5.97 Å². The molecule has 3 aliphatic carbocycles. The molecule has 0 heterocycles. The Morgan fingerprint density at radius 1 is 1.33 bits per heavy atom. The SMILES string of the molecule is O=C(O)C1=CC2=C3C=C(C=C13)C2. The van der Waals surface area contributed by atoms with Crippen LogP contribution in [0.15, 0.2) is 46.1 Å². The average Bonchev–Trinajstić information content (AvgIpc) is 2.55. The van der Waals surface area contributed by atoms with Crippen molar-refractivity contribution in [3.63, 3.8) is 0 Å². The molecule has 1 N–H and O–H groups in total. The van der Waals surface area contributed by atoms with Crippen molar-refractivity contribution >= 4 is 5.97 Å². The van der Waals surface area contributed by atoms with Gasteiger partial charge in [0.1, 0.15) is 0 Å². The van der Waals surface area contributed by atoms with Crippen LogP contribution in [0.3, 0.4) is 0 Å². The number of carbonyl (C=O) groups is 1. The van der Waals surface area contributed by atoms with Gasteiger partial charge in [0.05, 0.1) is 5.57 Å². The largest absolute Gasteiger partial charge is 0.478 e. The van der Waals surface area contributed by atoms with Crippen molar-refractivity contribution in [3.8, 4) is 0 Å². The number of rotatable bonds is 1. The Morgan fingerprint density at radius 2 is 2.17 bits per heavy atom. The molecule has 0 saturated carbocycles. The van der Waals surface area contributed by atoms with Gasteiger partial charge in [-0.2, -0.15) is 0 Å². The van der Waals surface area contributed by atoms with Crippen LogP contribution in [0.5, 0.6) is 0 Å². The molecule has 0 saturated heterocycles. The predicted octanol–water partition coefficient (Wildman–Crippen LogP) is 1.58. The molecule has 12 heavy (non-hydrogen) atoms. The van der Waals surface area contributed by atoms with Crippen LogP contribution in [0, 0.1) is 0 Å². The maximum atomic E-state index is 10.7. The highest BCUT2D eigenvalue weighted by molar-refractivity contribution is 5.99. The van der Waals surface area contributed by atoms with Gasteiger partial charge in [0.25, 0.3) is 0 Å². The molecule has 0 amide bonds. The molecule has 0 aromatic heterocycles. The standard InChI is InChI=1S/C10H6O2/c11-10(12)9-4-6-1-5-2-7(6)8(9)3-5/h2-4H,1H2,(H,11,12). The summed E-state index contributed by atoms with van der Waals surface area (Å²) >= 11 is 0. The highest BCUT2D eigenvalue weighted by atomic mass is 16.4. The summed E-state index contributed by atoms with van der Waals surface area (Å²) in [5, 5.41) is 8.84. The van der Waals surface area contributed by atoms with Crippen LogP contribution in [0.4, 0.5) is 0 Å². The van der Waals surface area contributed by atoms with E-state index in [9.17, 15) is 4.79 Å². The normalized spacial score (nSPS) is 22.8. The van der Waals surface area contributed by atoms with Crippen molar-refractivity contribution in [2.45, 2.75) is 6.42 Å². The van der Waals surface area contributed by atoms with Crippen LogP contribution in [0.1, 0.15) is 6.42 Å². The van der Waals surface area contributed by atoms with Gasteiger partial charge in [-0.3, -0.25) is 0 Å². The van der Waals surface area contributed by atoms with Crippen molar-refractivity contribution in [2.24, 2.45) is 0 Å². The van der Waals surface area contributed by atoms with Gasteiger partial charge in [-0.05, 0) is 40.9 Å². The van der Waals surface area contributed by atoms with Crippen LogP contribution in [0.25, 0.3) is 0 Å². The van der Waals surface area contributed by atoms with Gasteiger partial charge in [-0.1, -0.05) is 6.08 Å². The molecular formula is C10H6O2. The average molecular weight is 158 g/mol. The molecule has 3 aliphatic rings. The summed E-state index contributed by atoms with van der Waals surface area (Å²) in [6, 6.07) is 0. The molecule has 0 radical (unpaired) electrons. The van der Waals surface area contributed by atoms with Crippen molar-refractivity contribution in [3.05, 3.63) is 46.1 Å². The molecule has 0 aromatic rings. The third-order valence-electron chi connectivity index (χ3n) is 2.53. The Balaban J connectivity index is 2.19. The van der Waals surface area contributed by atoms with Gasteiger partial charge in [0, 0.05) is 0 Å². The third-order valence-corrected chi connectivity index (χ3v) is 2.53. The second-order valence-corrected chi connectivity index (χ2v) is 3.26. The lowest BCUT2D eigenvalue weighted by molar-refractivity contribution is -0.132. The van der Waals surface area contributed by atoms with Crippen LogP contribution in [-0.2, 0) is 4.79 Å². The first-order valence-corrected chi connectivity index (χ1v) is 3.87. The zero-order chi connectivity index (χ0) is 8.29. The number of hydrogen-bond acceptors (Lipinski definition) is 1. The zero-order valence-electron chi connectivity index (χ0n) is 6.29. The van der Waals surface area contributed by atoms with Crippen LogP contribution >= 0.6 is 0 Å². The molecule has 0 aromatic carbocycles. The molecule has 0 atom stereocenters. The molecule has 0 fully saturated rings. The lowest BCUT2D eigenvalue weighted by Crippen LogP contribution is -2.00. The topological polar surface area (TPSA) is 37.3 Å². The fraction of sp³-hybridized carbons (Fsp3) is 0.100. The first-order chi connectivity index (χ1) is 5.75.